The van der Waals surface area contributed by atoms with E-state index in [2.05, 4.69) is 15.4 Å². The predicted molar refractivity (Wildman–Crippen MR) is 123 cm³/mol. The van der Waals surface area contributed by atoms with E-state index in [0.29, 0.717) is 22.5 Å². The lowest BCUT2D eigenvalue weighted by Crippen LogP contribution is -2.30. The second-order valence-corrected chi connectivity index (χ2v) is 8.16. The Hall–Kier alpha value is -3.25. The van der Waals surface area contributed by atoms with Gasteiger partial charge in [-0.2, -0.15) is 8.78 Å². The van der Waals surface area contributed by atoms with Crippen molar-refractivity contribution in [2.75, 3.05) is 39.7 Å². The van der Waals surface area contributed by atoms with Gasteiger partial charge in [0.2, 0.25) is 5.91 Å². The molecule has 0 spiro atoms. The van der Waals surface area contributed by atoms with Crippen LogP contribution in [-0.2, 0) is 16.1 Å². The summed E-state index contributed by atoms with van der Waals surface area (Å²) in [5.41, 5.74) is 1.26. The molecular formula is C22H27F2N3O6S. The molecule has 0 fully saturated rings. The van der Waals surface area contributed by atoms with Gasteiger partial charge in [0.05, 0.1) is 30.7 Å². The van der Waals surface area contributed by atoms with E-state index in [1.807, 2.05) is 0 Å². The van der Waals surface area contributed by atoms with Crippen molar-refractivity contribution in [1.29, 1.82) is 0 Å². The number of alkyl halides is 2. The second kappa shape index (κ2) is 12.3. The van der Waals surface area contributed by atoms with Gasteiger partial charge in [0, 0.05) is 13.6 Å². The maximum absolute atomic E-state index is 12.7. The monoisotopic (exact) mass is 499 g/mol. The van der Waals surface area contributed by atoms with Gasteiger partial charge < -0.3 is 24.8 Å². The van der Waals surface area contributed by atoms with Gasteiger partial charge in [-0.1, -0.05) is 6.07 Å². The number of methoxy groups -OCH3 is 1. The number of hydrogen-bond donors (Lipinski definition) is 2. The number of amides is 2. The molecule has 186 valence electrons. The number of benzene rings is 1. The largest absolute Gasteiger partial charge is 0.493 e. The van der Waals surface area contributed by atoms with Crippen molar-refractivity contribution in [3.8, 4) is 11.5 Å². The number of likely N-dealkylation sites (N-methyl/N-ethyl adjacent to an activating group) is 1. The summed E-state index contributed by atoms with van der Waals surface area (Å²) >= 11 is 0.989. The van der Waals surface area contributed by atoms with Crippen LogP contribution in [0.4, 0.5) is 13.8 Å². The maximum Gasteiger partial charge on any atom is 0.387 e. The van der Waals surface area contributed by atoms with Crippen LogP contribution in [0.25, 0.3) is 0 Å². The number of anilines is 1. The minimum atomic E-state index is -2.98. The summed E-state index contributed by atoms with van der Waals surface area (Å²) in [6, 6.07) is 4.50. The normalized spacial score (nSPS) is 10.9. The predicted octanol–water partition coefficient (Wildman–Crippen LogP) is 3.27. The second-order valence-electron chi connectivity index (χ2n) is 7.14. The fourth-order valence-electron chi connectivity index (χ4n) is 3.16. The van der Waals surface area contributed by atoms with E-state index in [4.69, 9.17) is 9.47 Å². The number of carbonyl (C=O) groups is 3. The van der Waals surface area contributed by atoms with Crippen molar-refractivity contribution >= 4 is 34.1 Å². The highest BCUT2D eigenvalue weighted by molar-refractivity contribution is 7.18. The first kappa shape index (κ1) is 27.0. The number of ether oxygens (including phenoxy) is 3. The van der Waals surface area contributed by atoms with Crippen molar-refractivity contribution < 1.29 is 37.4 Å². The number of halogens is 2. The molecule has 1 aromatic heterocycles. The Morgan fingerprint density at radius 3 is 2.50 bits per heavy atom. The van der Waals surface area contributed by atoms with Gasteiger partial charge >= 0.3 is 12.6 Å². The number of rotatable bonds is 11. The molecule has 0 aliphatic rings. The molecule has 0 unspecified atom stereocenters. The van der Waals surface area contributed by atoms with Crippen LogP contribution in [0, 0.1) is 6.92 Å². The third-order valence-electron chi connectivity index (χ3n) is 4.62. The molecule has 2 N–H and O–H groups in total. The van der Waals surface area contributed by atoms with Crippen LogP contribution < -0.4 is 20.1 Å². The number of carbonyl (C=O) groups excluding carboxylic acids is 3. The lowest BCUT2D eigenvalue weighted by molar-refractivity contribution is -0.117. The highest BCUT2D eigenvalue weighted by Crippen LogP contribution is 2.34. The lowest BCUT2D eigenvalue weighted by atomic mass is 10.1. The van der Waals surface area contributed by atoms with Gasteiger partial charge in [0.1, 0.15) is 5.00 Å². The highest BCUT2D eigenvalue weighted by atomic mass is 32.1. The summed E-state index contributed by atoms with van der Waals surface area (Å²) < 4.78 is 39.6. The zero-order valence-electron chi connectivity index (χ0n) is 19.5. The fourth-order valence-corrected chi connectivity index (χ4v) is 4.32. The van der Waals surface area contributed by atoms with Crippen LogP contribution in [-0.4, -0.2) is 63.7 Å². The molecule has 0 bridgehead atoms. The summed E-state index contributed by atoms with van der Waals surface area (Å²) in [4.78, 5) is 39.2. The zero-order chi connectivity index (χ0) is 25.4. The summed E-state index contributed by atoms with van der Waals surface area (Å²) in [5, 5.41) is 5.42. The molecule has 9 nitrogen and oxygen atoms in total. The molecule has 0 aliphatic carbocycles. The molecule has 0 saturated carbocycles. The first-order valence-electron chi connectivity index (χ1n) is 10.2. The number of nitrogens with zero attached hydrogens (tertiary/aromatic N) is 1. The summed E-state index contributed by atoms with van der Waals surface area (Å²) in [5.74, 6) is -1.37. The van der Waals surface area contributed by atoms with Crippen molar-refractivity contribution in [2.24, 2.45) is 0 Å². The van der Waals surface area contributed by atoms with Crippen LogP contribution in [0.3, 0.4) is 0 Å². The molecular weight excluding hydrogens is 472 g/mol. The Morgan fingerprint density at radius 1 is 1.21 bits per heavy atom. The van der Waals surface area contributed by atoms with Gasteiger partial charge in [-0.3, -0.25) is 14.5 Å². The standard InChI is InChI=1S/C22H27F2N3O6S/c1-6-32-21(30)17-12(2)18(19(29)25-3)34-20(17)26-16(28)11-27(4)10-13-7-8-14(33-22(23)24)15(9-13)31-5/h7-9,22H,6,10-11H2,1-5H3,(H,25,29)(H,26,28). The Bertz CT molecular complexity index is 1040. The van der Waals surface area contributed by atoms with Crippen molar-refractivity contribution in [3.63, 3.8) is 0 Å². The van der Waals surface area contributed by atoms with Crippen molar-refractivity contribution in [2.45, 2.75) is 27.0 Å². The third-order valence-corrected chi connectivity index (χ3v) is 5.83. The number of thiophene rings is 1. The van der Waals surface area contributed by atoms with E-state index in [1.54, 1.807) is 37.9 Å². The van der Waals surface area contributed by atoms with E-state index in [9.17, 15) is 23.2 Å². The van der Waals surface area contributed by atoms with Gasteiger partial charge in [0.15, 0.2) is 11.5 Å². The van der Waals surface area contributed by atoms with E-state index < -0.39 is 18.5 Å². The fraction of sp³-hybridized carbons (Fsp3) is 0.409. The minimum absolute atomic E-state index is 0.0495. The Morgan fingerprint density at radius 2 is 1.91 bits per heavy atom. The molecule has 2 aromatic rings. The average Bonchev–Trinajstić information content (AvgIpc) is 3.09. The van der Waals surface area contributed by atoms with Crippen LogP contribution in [0.1, 0.15) is 38.1 Å². The highest BCUT2D eigenvalue weighted by Gasteiger charge is 2.26. The Kier molecular flexibility index (Phi) is 9.75. The molecule has 2 rings (SSSR count). The van der Waals surface area contributed by atoms with Crippen molar-refractivity contribution in [1.82, 2.24) is 10.2 Å². The smallest absolute Gasteiger partial charge is 0.387 e. The van der Waals surface area contributed by atoms with Gasteiger partial charge in [-0.05, 0) is 44.2 Å². The van der Waals surface area contributed by atoms with Crippen LogP contribution >= 0.6 is 11.3 Å². The van der Waals surface area contributed by atoms with E-state index in [1.165, 1.54) is 20.2 Å². The molecule has 0 aliphatic heterocycles. The molecule has 0 atom stereocenters. The van der Waals surface area contributed by atoms with Crippen LogP contribution in [0.15, 0.2) is 18.2 Å². The summed E-state index contributed by atoms with van der Waals surface area (Å²) in [7, 11) is 4.50. The number of hydrogen-bond acceptors (Lipinski definition) is 8. The van der Waals surface area contributed by atoms with Crippen molar-refractivity contribution in [3.05, 3.63) is 39.8 Å². The topological polar surface area (TPSA) is 106 Å². The summed E-state index contributed by atoms with van der Waals surface area (Å²) in [6.07, 6.45) is 0. The minimum Gasteiger partial charge on any atom is -0.493 e. The molecule has 12 heteroatoms. The average molecular weight is 500 g/mol. The molecule has 0 saturated heterocycles. The van der Waals surface area contributed by atoms with E-state index in [0.717, 1.165) is 11.3 Å². The number of nitrogens with one attached hydrogen (secondary N) is 2. The van der Waals surface area contributed by atoms with Gasteiger partial charge in [0.25, 0.3) is 5.91 Å². The maximum atomic E-state index is 12.7. The Labute approximate surface area is 200 Å². The molecule has 0 radical (unpaired) electrons. The third kappa shape index (κ3) is 6.87. The SMILES string of the molecule is CCOC(=O)c1c(NC(=O)CN(C)Cc2ccc(OC(F)F)c(OC)c2)sc(C(=O)NC)c1C. The number of esters is 1. The van der Waals surface area contributed by atoms with E-state index in [-0.39, 0.29) is 41.1 Å². The molecule has 1 heterocycles. The van der Waals surface area contributed by atoms with Gasteiger partial charge in [-0.15, -0.1) is 11.3 Å². The quantitative estimate of drug-likeness (QED) is 0.457. The van der Waals surface area contributed by atoms with E-state index >= 15 is 0 Å². The molecule has 34 heavy (non-hydrogen) atoms. The first-order valence-corrected chi connectivity index (χ1v) is 11.1. The molecule has 2 amide bonds. The lowest BCUT2D eigenvalue weighted by Gasteiger charge is -2.18. The van der Waals surface area contributed by atoms with Crippen LogP contribution in [0.5, 0.6) is 11.5 Å². The Balaban J connectivity index is 2.13. The van der Waals surface area contributed by atoms with Crippen LogP contribution in [0.2, 0.25) is 0 Å². The summed E-state index contributed by atoms with van der Waals surface area (Å²) in [6.45, 7) is 0.694. The zero-order valence-corrected chi connectivity index (χ0v) is 20.3. The van der Waals surface area contributed by atoms with Gasteiger partial charge in [-0.25, -0.2) is 4.79 Å². The molecule has 1 aromatic carbocycles. The first-order chi connectivity index (χ1) is 16.1.